The van der Waals surface area contributed by atoms with Gasteiger partial charge in [0.15, 0.2) is 0 Å². The van der Waals surface area contributed by atoms with Crippen LogP contribution in [0.2, 0.25) is 0 Å². The van der Waals surface area contributed by atoms with Gasteiger partial charge >= 0.3 is 0 Å². The number of nitrogens with zero attached hydrogens (tertiary/aromatic N) is 22. The lowest BCUT2D eigenvalue weighted by Gasteiger charge is -2.21. The number of rotatable bonds is 31. The quantitative estimate of drug-likeness (QED) is 0.0314. The third kappa shape index (κ3) is 47.5. The molecular weight excluding hydrogens is 1870 g/mol. The Morgan fingerprint density at radius 3 is 0.755 bits per heavy atom. The van der Waals surface area contributed by atoms with Crippen LogP contribution in [0.3, 0.4) is 0 Å². The van der Waals surface area contributed by atoms with Gasteiger partial charge in [0.25, 0.3) is 0 Å². The second kappa shape index (κ2) is 64.8. The third-order valence-electron chi connectivity index (χ3n) is 22.8. The van der Waals surface area contributed by atoms with Crippen LogP contribution in [-0.4, -0.2) is 352 Å². The summed E-state index contributed by atoms with van der Waals surface area (Å²) >= 11 is 0. The number of anilines is 11. The molecule has 0 saturated carbocycles. The number of halogens is 2. The van der Waals surface area contributed by atoms with E-state index >= 15 is 0 Å². The van der Waals surface area contributed by atoms with Crippen LogP contribution in [0.4, 0.5) is 71.3 Å². The van der Waals surface area contributed by atoms with Crippen LogP contribution in [0.15, 0.2) is 159 Å². The maximum atomic E-state index is 13.4. The van der Waals surface area contributed by atoms with E-state index in [1.54, 1.807) is 164 Å². The molecule has 0 spiro atoms. The zero-order valence-electron chi connectivity index (χ0n) is 94.3. The number of carbonyl (C=O) groups excluding carboxylic acids is 9. The van der Waals surface area contributed by atoms with E-state index in [4.69, 9.17) is 0 Å². The number of likely N-dealkylation sites (N-methyl/N-ethyl adjacent to an activating group) is 16. The lowest BCUT2D eigenvalue weighted by molar-refractivity contribution is -0.119. The molecule has 0 bridgehead atoms. The zero-order chi connectivity index (χ0) is 111. The fraction of sp³-hybridized carbons (Fsp3) is 0.482. The summed E-state index contributed by atoms with van der Waals surface area (Å²) in [5.41, 5.74) is 16.6. The summed E-state index contributed by atoms with van der Waals surface area (Å²) in [4.78, 5) is 159. The van der Waals surface area contributed by atoms with E-state index in [1.807, 2.05) is 255 Å². The molecule has 2 aliphatic heterocycles. The second-order valence-corrected chi connectivity index (χ2v) is 38.9. The van der Waals surface area contributed by atoms with E-state index in [-0.39, 0.29) is 77.4 Å². The fourth-order valence-electron chi connectivity index (χ4n) is 13.1. The van der Waals surface area contributed by atoms with Crippen LogP contribution in [0, 0.1) is 60.1 Å². The molecule has 147 heavy (non-hydrogen) atoms. The van der Waals surface area contributed by atoms with E-state index in [1.165, 1.54) is 50.0 Å². The highest BCUT2D eigenvalue weighted by Crippen LogP contribution is 2.33. The van der Waals surface area contributed by atoms with Crippen molar-refractivity contribution in [1.29, 1.82) is 0 Å². The first-order valence-corrected chi connectivity index (χ1v) is 49.1. The molecule has 0 unspecified atom stereocenters. The van der Waals surface area contributed by atoms with Crippen LogP contribution < -0.4 is 75.2 Å². The van der Waals surface area contributed by atoms with Crippen LogP contribution in [-0.2, 0) is 56.0 Å². The van der Waals surface area contributed by atoms with E-state index < -0.39 is 0 Å². The van der Waals surface area contributed by atoms with Crippen molar-refractivity contribution >= 4 is 116 Å². The molecule has 0 atom stereocenters. The zero-order valence-corrected chi connectivity index (χ0v) is 94.3. The van der Waals surface area contributed by atoms with Crippen molar-refractivity contribution in [2.75, 3.05) is 274 Å². The first kappa shape index (κ1) is 128. The Kier molecular flexibility index (Phi) is 56.4. The third-order valence-corrected chi connectivity index (χ3v) is 22.8. The number of hydrogen-bond donors (Lipinski definition) is 4. The average Bonchev–Trinajstić information content (AvgIpc) is 1.68. The standard InChI is InChI=1S/C15H23N3O.C14H21N3O.C13H19FN2O.C12H17FN2O.C12H19N3O.C12H18N2O.C11H18N4O.C11H17N3O.C10H16N4O/c1-11(2)16-10-15(19)18(4)13-6-5-12-7-8-17(3)14(12)9-13;1-15(2)10-14(18)17(4)12-6-5-11-7-8-16(3)13(11)9-12;1-9(2)15-8-13(17)16(4)11-6-5-10(3)12(14)7-11;1-9-5-6-10(7-11(9)13)15(4)12(16)8-14(2)3;1-9(2)13-8-12(16)15(4)11-6-5-10(3)14-7-11;1-10-5-7-11(8-6-10)14(4)12(15)9-13(2)3;1-8(2)12-7-11(16)15(4)10-5-13-9(3)14-6-10;1-9-5-6-10(7-12-9)14(4)11(15)8-13(2)3;1-8-11-5-9(6-12-8)14(4)10(15)7-13(2)3/h5-6,9,11,16H,7-8,10H2,1-4H3;5-6,9H,7-8,10H2,1-4H3;5-7,9,15H,8H2,1-4H3;5-7H,8H2,1-4H3;5-7,9,13H,8H2,1-4H3;5-8H,9H2,1-4H3;5-6,8,12H,7H2,1-4H3;5-7H,8H2,1-4H3;5-6H,7H2,1-4H3. The Labute approximate surface area is 874 Å². The molecule has 37 heteroatoms. The Hall–Kier alpha value is -13.1. The van der Waals surface area contributed by atoms with Crippen molar-refractivity contribution < 1.29 is 51.9 Å². The number of aryl methyl sites for hydroxylation is 7. The molecule has 0 fully saturated rings. The maximum absolute atomic E-state index is 13.4. The summed E-state index contributed by atoms with van der Waals surface area (Å²) in [6.07, 6.45) is 12.2. The number of aromatic nitrogens is 6. The van der Waals surface area contributed by atoms with Crippen molar-refractivity contribution in [2.24, 2.45) is 0 Å². The lowest BCUT2D eigenvalue weighted by Crippen LogP contribution is -2.38. The highest BCUT2D eigenvalue weighted by atomic mass is 19.1. The monoisotopic (exact) mass is 2040 g/mol. The number of benzene rings is 5. The number of amides is 9. The Bertz CT molecular complexity index is 5320. The molecule has 9 amide bonds. The van der Waals surface area contributed by atoms with Gasteiger partial charge in [-0.1, -0.05) is 97.4 Å². The molecule has 4 N–H and O–H groups in total. The lowest BCUT2D eigenvalue weighted by atomic mass is 10.1. The summed E-state index contributed by atoms with van der Waals surface area (Å²) in [5, 5.41) is 12.4. The van der Waals surface area contributed by atoms with Gasteiger partial charge in [-0.05, 0) is 239 Å². The number of hydrogen-bond acceptors (Lipinski definition) is 26. The highest BCUT2D eigenvalue weighted by molar-refractivity contribution is 5.99. The largest absolute Gasteiger partial charge is 0.374 e. The molecule has 11 rings (SSSR count). The van der Waals surface area contributed by atoms with E-state index in [9.17, 15) is 51.9 Å². The summed E-state index contributed by atoms with van der Waals surface area (Å²) in [5.74, 6) is 1.10. The van der Waals surface area contributed by atoms with Gasteiger partial charge < -0.3 is 99.7 Å². The summed E-state index contributed by atoms with van der Waals surface area (Å²) in [6.45, 7) is 34.3. The highest BCUT2D eigenvalue weighted by Gasteiger charge is 2.24. The first-order chi connectivity index (χ1) is 68.8. The Balaban J connectivity index is 0.000000425. The smallest absolute Gasteiger partial charge is 0.240 e. The molecular formula is C110H168F2N26O9. The van der Waals surface area contributed by atoms with Crippen LogP contribution in [0.25, 0.3) is 0 Å². The number of carbonyl (C=O) groups is 9. The molecule has 6 heterocycles. The van der Waals surface area contributed by atoms with Crippen LogP contribution in [0.1, 0.15) is 106 Å². The predicted molar refractivity (Wildman–Crippen MR) is 598 cm³/mol. The van der Waals surface area contributed by atoms with Crippen LogP contribution >= 0.6 is 0 Å². The van der Waals surface area contributed by atoms with Crippen molar-refractivity contribution in [1.82, 2.24) is 75.7 Å². The minimum absolute atomic E-state index is 0.00107. The van der Waals surface area contributed by atoms with Gasteiger partial charge in [-0.2, -0.15) is 0 Å². The molecule has 0 radical (unpaired) electrons. The van der Waals surface area contributed by atoms with Crippen molar-refractivity contribution in [2.45, 2.75) is 141 Å². The molecule has 2 aliphatic rings. The Morgan fingerprint density at radius 1 is 0.279 bits per heavy atom. The number of nitrogens with one attached hydrogen (secondary N) is 4. The van der Waals surface area contributed by atoms with Gasteiger partial charge in [-0.25, -0.2) is 28.7 Å². The molecule has 0 aliphatic carbocycles. The normalized spacial score (nSPS) is 11.4. The minimum atomic E-state index is -0.293. The van der Waals surface area contributed by atoms with Gasteiger partial charge in [0.2, 0.25) is 53.2 Å². The van der Waals surface area contributed by atoms with Crippen molar-refractivity contribution in [3.05, 3.63) is 221 Å². The van der Waals surface area contributed by atoms with Crippen molar-refractivity contribution in [3.63, 3.8) is 0 Å². The summed E-state index contributed by atoms with van der Waals surface area (Å²) in [7, 11) is 38.6. The minimum Gasteiger partial charge on any atom is -0.374 e. The predicted octanol–water partition coefficient (Wildman–Crippen LogP) is 11.4. The molecule has 5 aromatic carbocycles. The molecule has 806 valence electrons. The van der Waals surface area contributed by atoms with E-state index in [0.29, 0.717) is 116 Å². The molecule has 9 aromatic rings. The summed E-state index contributed by atoms with van der Waals surface area (Å²) in [6, 6.07) is 38.8. The van der Waals surface area contributed by atoms with Crippen LogP contribution in [0.5, 0.6) is 0 Å². The van der Waals surface area contributed by atoms with Crippen molar-refractivity contribution in [3.8, 4) is 0 Å². The van der Waals surface area contributed by atoms with E-state index in [0.717, 1.165) is 65.8 Å². The first-order valence-electron chi connectivity index (χ1n) is 49.1. The van der Waals surface area contributed by atoms with E-state index in [2.05, 4.69) is 99.3 Å². The molecule has 4 aromatic heterocycles. The van der Waals surface area contributed by atoms with Gasteiger partial charge in [0.1, 0.15) is 23.3 Å². The number of pyridine rings is 2. The summed E-state index contributed by atoms with van der Waals surface area (Å²) < 4.78 is 26.7. The molecule has 35 nitrogen and oxygen atoms in total. The van der Waals surface area contributed by atoms with Gasteiger partial charge in [0.05, 0.1) is 119 Å². The average molecular weight is 2040 g/mol. The maximum Gasteiger partial charge on any atom is 0.240 e. The number of fused-ring (bicyclic) bond motifs is 2. The fourth-order valence-corrected chi connectivity index (χ4v) is 13.1. The topological polar surface area (TPSA) is 331 Å². The van der Waals surface area contributed by atoms with Gasteiger partial charge in [0, 0.05) is 166 Å². The van der Waals surface area contributed by atoms with Gasteiger partial charge in [-0.15, -0.1) is 0 Å². The second-order valence-electron chi connectivity index (χ2n) is 38.9. The molecule has 0 saturated heterocycles. The Morgan fingerprint density at radius 2 is 0.497 bits per heavy atom. The SMILES string of the molecule is CC(C)NCC(=O)N(C)c1ccc2c(c1)N(C)CC2.CN(C)CC(=O)N(C)c1ccc2c(c1)N(C)CC2.Cc1ccc(N(C)C(=O)CN(C)C)cc1.Cc1ccc(N(C)C(=O)CN(C)C)cc1F.Cc1ccc(N(C)C(=O)CN(C)C)cn1.Cc1ccc(N(C)C(=O)CNC(C)C)cc1F.Cc1ccc(N(C)C(=O)CNC(C)C)cn1.Cc1ncc(N(C)C(=O)CN(C)C)cn1.Cc1ncc(N(C)C(=O)CNC(C)C)cn1. The van der Waals surface area contributed by atoms with Gasteiger partial charge in [-0.3, -0.25) is 53.1 Å².